The molecule has 10 nitrogen and oxygen atoms in total. The van der Waals surface area contributed by atoms with E-state index in [9.17, 15) is 35.4 Å². The van der Waals surface area contributed by atoms with Crippen molar-refractivity contribution < 1.29 is 44.5 Å². The van der Waals surface area contributed by atoms with Crippen molar-refractivity contribution in [3.63, 3.8) is 0 Å². The van der Waals surface area contributed by atoms with Gasteiger partial charge in [-0.1, -0.05) is 0 Å². The molecule has 2 aromatic carbocycles. The van der Waals surface area contributed by atoms with Gasteiger partial charge < -0.3 is 44.5 Å². The second kappa shape index (κ2) is 7.75. The molecule has 0 aliphatic carbocycles. The Morgan fingerprint density at radius 2 is 1.61 bits per heavy atom. The molecule has 0 amide bonds. The van der Waals surface area contributed by atoms with E-state index in [-0.39, 0.29) is 28.2 Å². The molecule has 0 bridgehead atoms. The molecule has 31 heavy (non-hydrogen) atoms. The van der Waals surface area contributed by atoms with E-state index in [0.29, 0.717) is 5.56 Å². The number of phenolic OH excluding ortho intramolecular Hbond substituents is 3. The number of rotatable bonds is 3. The summed E-state index contributed by atoms with van der Waals surface area (Å²) in [6.07, 6.45) is -6.56. The maximum atomic E-state index is 12.5. The highest BCUT2D eigenvalue weighted by Gasteiger charge is 2.43. The van der Waals surface area contributed by atoms with E-state index in [2.05, 4.69) is 0 Å². The number of ether oxygens (including phenoxy) is 2. The molecule has 0 spiro atoms. The van der Waals surface area contributed by atoms with Crippen LogP contribution in [0.2, 0.25) is 0 Å². The zero-order valence-corrected chi connectivity index (χ0v) is 16.2. The zero-order valence-electron chi connectivity index (χ0n) is 16.2. The van der Waals surface area contributed by atoms with E-state index < -0.39 is 47.6 Å². The molecule has 3 aromatic rings. The first-order valence-corrected chi connectivity index (χ1v) is 9.35. The molecule has 1 aliphatic rings. The van der Waals surface area contributed by atoms with Crippen LogP contribution in [0, 0.1) is 0 Å². The summed E-state index contributed by atoms with van der Waals surface area (Å²) in [5.74, 6) is -1.16. The Morgan fingerprint density at radius 3 is 2.32 bits per heavy atom. The lowest BCUT2D eigenvalue weighted by atomic mass is 10.00. The summed E-state index contributed by atoms with van der Waals surface area (Å²) in [5.41, 5.74) is -0.310. The molecule has 0 saturated carbocycles. The highest BCUT2D eigenvalue weighted by Crippen LogP contribution is 2.35. The van der Waals surface area contributed by atoms with Gasteiger partial charge in [0.25, 0.3) is 0 Å². The third kappa shape index (κ3) is 3.77. The zero-order chi connectivity index (χ0) is 22.4. The van der Waals surface area contributed by atoms with Gasteiger partial charge in [0, 0.05) is 23.8 Å². The van der Waals surface area contributed by atoms with Gasteiger partial charge in [0.2, 0.25) is 6.29 Å². The summed E-state index contributed by atoms with van der Waals surface area (Å²) in [4.78, 5) is 12.5. The molecule has 1 saturated heterocycles. The number of hydrogen-bond donors (Lipinski definition) is 6. The van der Waals surface area contributed by atoms with Crippen LogP contribution in [-0.4, -0.2) is 61.3 Å². The number of aromatic hydroxyl groups is 3. The molecule has 164 valence electrons. The smallest absolute Gasteiger partial charge is 0.229 e. The monoisotopic (exact) mass is 432 g/mol. The standard InChI is InChI=1S/C21H20O10/c1-8-18(26)19(27)20(28)21(29-8)30-10-5-13(24)17-14(25)7-15(31-16(17)6-10)9-2-3-11(22)12(23)4-9/h2-8,18-24,26-28H,1H3/t8-,18-,19+,20+,21-/m1/s1. The molecule has 1 fully saturated rings. The SMILES string of the molecule is C[C@H]1O[C@H](Oc2cc(O)c3c(=O)cc(-c4ccc(O)c(O)c4)oc3c2)[C@@H](O)[C@@H](O)[C@@H]1O. The highest BCUT2D eigenvalue weighted by molar-refractivity contribution is 5.86. The van der Waals surface area contributed by atoms with E-state index in [0.717, 1.165) is 12.1 Å². The van der Waals surface area contributed by atoms with Gasteiger partial charge in [-0.2, -0.15) is 0 Å². The van der Waals surface area contributed by atoms with Crippen LogP contribution in [0.4, 0.5) is 0 Å². The molecule has 1 aliphatic heterocycles. The fraction of sp³-hybridized carbons (Fsp3) is 0.286. The highest BCUT2D eigenvalue weighted by atomic mass is 16.7. The van der Waals surface area contributed by atoms with Gasteiger partial charge in [0.1, 0.15) is 46.5 Å². The minimum Gasteiger partial charge on any atom is -0.507 e. The third-order valence-electron chi connectivity index (χ3n) is 5.10. The van der Waals surface area contributed by atoms with Gasteiger partial charge in [-0.05, 0) is 25.1 Å². The van der Waals surface area contributed by atoms with Gasteiger partial charge in [0.05, 0.1) is 6.10 Å². The maximum Gasteiger partial charge on any atom is 0.229 e. The average Bonchev–Trinajstić information content (AvgIpc) is 2.71. The van der Waals surface area contributed by atoms with Gasteiger partial charge >= 0.3 is 0 Å². The van der Waals surface area contributed by atoms with Gasteiger partial charge in [-0.3, -0.25) is 4.79 Å². The van der Waals surface area contributed by atoms with E-state index in [1.807, 2.05) is 0 Å². The summed E-state index contributed by atoms with van der Waals surface area (Å²) in [6.45, 7) is 1.49. The Morgan fingerprint density at radius 1 is 0.871 bits per heavy atom. The number of benzene rings is 2. The lowest BCUT2D eigenvalue weighted by molar-refractivity contribution is -0.268. The molecule has 1 aromatic heterocycles. The lowest BCUT2D eigenvalue weighted by Crippen LogP contribution is -2.58. The van der Waals surface area contributed by atoms with Crippen molar-refractivity contribution in [1.29, 1.82) is 0 Å². The Labute approximate surface area is 174 Å². The first-order chi connectivity index (χ1) is 14.7. The van der Waals surface area contributed by atoms with Crippen molar-refractivity contribution in [3.05, 3.63) is 46.6 Å². The van der Waals surface area contributed by atoms with E-state index in [1.165, 1.54) is 31.2 Å². The van der Waals surface area contributed by atoms with Crippen molar-refractivity contribution in [3.8, 4) is 34.3 Å². The Kier molecular flexibility index (Phi) is 5.23. The average molecular weight is 432 g/mol. The van der Waals surface area contributed by atoms with Crippen LogP contribution in [0.15, 0.2) is 45.6 Å². The van der Waals surface area contributed by atoms with Crippen molar-refractivity contribution in [1.82, 2.24) is 0 Å². The Balaban J connectivity index is 1.73. The molecule has 0 unspecified atom stereocenters. The van der Waals surface area contributed by atoms with Crippen LogP contribution in [0.25, 0.3) is 22.3 Å². The Bertz CT molecular complexity index is 1190. The molecule has 10 heteroatoms. The number of aliphatic hydroxyl groups is 3. The summed E-state index contributed by atoms with van der Waals surface area (Å²) in [5, 5.41) is 59.2. The van der Waals surface area contributed by atoms with Crippen molar-refractivity contribution in [2.75, 3.05) is 0 Å². The molecule has 6 N–H and O–H groups in total. The first kappa shape index (κ1) is 20.9. The number of phenols is 3. The molecule has 2 heterocycles. The Hall–Kier alpha value is -3.31. The fourth-order valence-electron chi connectivity index (χ4n) is 3.38. The summed E-state index contributed by atoms with van der Waals surface area (Å²) >= 11 is 0. The summed E-state index contributed by atoms with van der Waals surface area (Å²) in [6, 6.07) is 7.41. The minimum absolute atomic E-state index is 0.0290. The number of fused-ring (bicyclic) bond motifs is 1. The van der Waals surface area contributed by atoms with Gasteiger partial charge in [-0.15, -0.1) is 0 Å². The molecular weight excluding hydrogens is 412 g/mol. The quantitative estimate of drug-likeness (QED) is 0.325. The normalized spacial score (nSPS) is 26.1. The third-order valence-corrected chi connectivity index (χ3v) is 5.10. The number of aliphatic hydroxyl groups excluding tert-OH is 3. The van der Waals surface area contributed by atoms with Crippen LogP contribution in [0.1, 0.15) is 6.92 Å². The number of hydrogen-bond acceptors (Lipinski definition) is 10. The van der Waals surface area contributed by atoms with E-state index >= 15 is 0 Å². The van der Waals surface area contributed by atoms with Crippen LogP contribution in [0.3, 0.4) is 0 Å². The molecule has 5 atom stereocenters. The summed E-state index contributed by atoms with van der Waals surface area (Å²) in [7, 11) is 0. The van der Waals surface area contributed by atoms with Crippen LogP contribution >= 0.6 is 0 Å². The molecule has 0 radical (unpaired) electrons. The summed E-state index contributed by atoms with van der Waals surface area (Å²) < 4.78 is 16.6. The second-order valence-corrected chi connectivity index (χ2v) is 7.29. The van der Waals surface area contributed by atoms with Crippen LogP contribution in [-0.2, 0) is 4.74 Å². The van der Waals surface area contributed by atoms with Gasteiger partial charge in [-0.25, -0.2) is 0 Å². The van der Waals surface area contributed by atoms with Crippen molar-refractivity contribution in [2.45, 2.75) is 37.6 Å². The topological polar surface area (TPSA) is 170 Å². The van der Waals surface area contributed by atoms with Crippen LogP contribution < -0.4 is 10.2 Å². The fourth-order valence-corrected chi connectivity index (χ4v) is 3.38. The maximum absolute atomic E-state index is 12.5. The predicted molar refractivity (Wildman–Crippen MR) is 106 cm³/mol. The first-order valence-electron chi connectivity index (χ1n) is 9.35. The molecular formula is C21H20O10. The molecule has 4 rings (SSSR count). The largest absolute Gasteiger partial charge is 0.507 e. The minimum atomic E-state index is -1.57. The second-order valence-electron chi connectivity index (χ2n) is 7.29. The van der Waals surface area contributed by atoms with Crippen molar-refractivity contribution >= 4 is 11.0 Å². The van der Waals surface area contributed by atoms with E-state index in [4.69, 9.17) is 13.9 Å². The van der Waals surface area contributed by atoms with Gasteiger partial charge in [0.15, 0.2) is 16.9 Å². The predicted octanol–water partition coefficient (Wildman–Crippen LogP) is 0.783. The van der Waals surface area contributed by atoms with Crippen molar-refractivity contribution in [2.24, 2.45) is 0 Å². The van der Waals surface area contributed by atoms with Crippen LogP contribution in [0.5, 0.6) is 23.0 Å². The van der Waals surface area contributed by atoms with E-state index in [1.54, 1.807) is 0 Å². The lowest BCUT2D eigenvalue weighted by Gasteiger charge is -2.38.